The Labute approximate surface area is 155 Å². The molecule has 0 saturated heterocycles. The number of amides is 2. The molecule has 3 N–H and O–H groups in total. The van der Waals surface area contributed by atoms with Gasteiger partial charge in [-0.1, -0.05) is 54.6 Å². The number of aliphatic hydroxyl groups is 1. The van der Waals surface area contributed by atoms with Gasteiger partial charge in [-0.15, -0.1) is 0 Å². The summed E-state index contributed by atoms with van der Waals surface area (Å²) in [5.74, 6) is 0. The van der Waals surface area contributed by atoms with Gasteiger partial charge in [0.2, 0.25) is 0 Å². The van der Waals surface area contributed by atoms with E-state index in [0.29, 0.717) is 6.54 Å². The number of urea groups is 1. The van der Waals surface area contributed by atoms with E-state index in [-0.39, 0.29) is 12.1 Å². The molecular formula is C21H27N3O2. The fourth-order valence-electron chi connectivity index (χ4n) is 3.35. The van der Waals surface area contributed by atoms with Gasteiger partial charge in [0.05, 0.1) is 12.1 Å². The Morgan fingerprint density at radius 1 is 1.12 bits per heavy atom. The Bertz CT molecular complexity index is 720. The Kier molecular flexibility index (Phi) is 6.26. The lowest BCUT2D eigenvalue weighted by Crippen LogP contribution is -2.46. The van der Waals surface area contributed by atoms with E-state index in [1.54, 1.807) is 6.92 Å². The lowest BCUT2D eigenvalue weighted by Gasteiger charge is -2.28. The van der Waals surface area contributed by atoms with Crippen LogP contribution in [0.25, 0.3) is 0 Å². The average molecular weight is 353 g/mol. The molecule has 1 heterocycles. The van der Waals surface area contributed by atoms with Crippen molar-refractivity contribution < 1.29 is 9.90 Å². The van der Waals surface area contributed by atoms with Crippen LogP contribution in [0.2, 0.25) is 0 Å². The van der Waals surface area contributed by atoms with Gasteiger partial charge in [0.1, 0.15) is 0 Å². The third kappa shape index (κ3) is 4.84. The van der Waals surface area contributed by atoms with Crippen LogP contribution in [0.3, 0.4) is 0 Å². The molecule has 2 aromatic carbocycles. The Morgan fingerprint density at radius 3 is 2.58 bits per heavy atom. The molecule has 0 unspecified atom stereocenters. The fourth-order valence-corrected chi connectivity index (χ4v) is 3.35. The first kappa shape index (κ1) is 18.4. The summed E-state index contributed by atoms with van der Waals surface area (Å²) >= 11 is 0. The van der Waals surface area contributed by atoms with E-state index in [4.69, 9.17) is 0 Å². The van der Waals surface area contributed by atoms with Crippen molar-refractivity contribution in [1.29, 1.82) is 0 Å². The van der Waals surface area contributed by atoms with Gasteiger partial charge in [-0.25, -0.2) is 4.79 Å². The second-order valence-corrected chi connectivity index (χ2v) is 6.84. The van der Waals surface area contributed by atoms with Crippen molar-refractivity contribution in [3.63, 3.8) is 0 Å². The van der Waals surface area contributed by atoms with Gasteiger partial charge in [0.15, 0.2) is 0 Å². The van der Waals surface area contributed by atoms with Crippen LogP contribution in [-0.4, -0.2) is 41.7 Å². The number of aliphatic hydroxyl groups excluding tert-OH is 1. The van der Waals surface area contributed by atoms with Crippen LogP contribution in [0.4, 0.5) is 4.79 Å². The standard InChI is InChI=1S/C21H27N3O2/c1-16(20(25)18-8-3-2-4-9-18)23-21(26)22-12-14-24-13-11-17-7-5-6-10-19(17)15-24/h2-10,16,20,25H,11-15H2,1H3,(H2,22,23,26)/t16-,20-/m0/s1. The maximum atomic E-state index is 12.1. The molecule has 138 valence electrons. The second kappa shape index (κ2) is 8.83. The molecule has 2 aromatic rings. The van der Waals surface area contributed by atoms with E-state index in [1.165, 1.54) is 11.1 Å². The van der Waals surface area contributed by atoms with E-state index >= 15 is 0 Å². The van der Waals surface area contributed by atoms with Crippen LogP contribution in [0.1, 0.15) is 29.7 Å². The van der Waals surface area contributed by atoms with Crippen LogP contribution in [-0.2, 0) is 13.0 Å². The van der Waals surface area contributed by atoms with Crippen LogP contribution < -0.4 is 10.6 Å². The minimum atomic E-state index is -0.722. The molecule has 26 heavy (non-hydrogen) atoms. The monoisotopic (exact) mass is 353 g/mol. The molecule has 0 aromatic heterocycles. The van der Waals surface area contributed by atoms with E-state index in [0.717, 1.165) is 31.6 Å². The molecule has 0 radical (unpaired) electrons. The van der Waals surface area contributed by atoms with Crippen molar-refractivity contribution in [2.75, 3.05) is 19.6 Å². The van der Waals surface area contributed by atoms with Gasteiger partial charge in [0, 0.05) is 26.2 Å². The van der Waals surface area contributed by atoms with Gasteiger partial charge in [-0.2, -0.15) is 0 Å². The number of carbonyl (C=O) groups is 1. The quantitative estimate of drug-likeness (QED) is 0.747. The lowest BCUT2D eigenvalue weighted by molar-refractivity contribution is 0.137. The average Bonchev–Trinajstić information content (AvgIpc) is 2.68. The summed E-state index contributed by atoms with van der Waals surface area (Å²) in [5.41, 5.74) is 3.60. The van der Waals surface area contributed by atoms with E-state index in [9.17, 15) is 9.90 Å². The van der Waals surface area contributed by atoms with E-state index in [1.807, 2.05) is 30.3 Å². The van der Waals surface area contributed by atoms with Crippen LogP contribution in [0.15, 0.2) is 54.6 Å². The summed E-state index contributed by atoms with van der Waals surface area (Å²) in [6, 6.07) is 17.3. The number of carbonyl (C=O) groups excluding carboxylic acids is 1. The zero-order valence-corrected chi connectivity index (χ0v) is 15.2. The molecule has 0 aliphatic carbocycles. The smallest absolute Gasteiger partial charge is 0.315 e. The number of rotatable bonds is 6. The molecule has 0 saturated carbocycles. The van der Waals surface area contributed by atoms with Crippen molar-refractivity contribution in [1.82, 2.24) is 15.5 Å². The van der Waals surface area contributed by atoms with Gasteiger partial charge in [-0.3, -0.25) is 4.90 Å². The third-order valence-corrected chi connectivity index (χ3v) is 4.90. The highest BCUT2D eigenvalue weighted by atomic mass is 16.3. The normalized spacial score (nSPS) is 16.4. The number of hydrogen-bond donors (Lipinski definition) is 3. The number of fused-ring (bicyclic) bond motifs is 1. The summed E-state index contributed by atoms with van der Waals surface area (Å²) in [5, 5.41) is 16.0. The van der Waals surface area contributed by atoms with Gasteiger partial charge < -0.3 is 15.7 Å². The third-order valence-electron chi connectivity index (χ3n) is 4.90. The summed E-state index contributed by atoms with van der Waals surface area (Å²) in [4.78, 5) is 14.4. The zero-order valence-electron chi connectivity index (χ0n) is 15.2. The molecular weight excluding hydrogens is 326 g/mol. The summed E-state index contributed by atoms with van der Waals surface area (Å²) < 4.78 is 0. The highest BCUT2D eigenvalue weighted by Crippen LogP contribution is 2.18. The van der Waals surface area contributed by atoms with Crippen molar-refractivity contribution in [3.8, 4) is 0 Å². The predicted octanol–water partition coefficient (Wildman–Crippen LogP) is 2.47. The van der Waals surface area contributed by atoms with Crippen LogP contribution in [0, 0.1) is 0 Å². The van der Waals surface area contributed by atoms with Crippen molar-refractivity contribution >= 4 is 6.03 Å². The number of benzene rings is 2. The molecule has 5 nitrogen and oxygen atoms in total. The SMILES string of the molecule is C[C@H](NC(=O)NCCN1CCc2ccccc2C1)[C@H](O)c1ccccc1. The first-order valence-corrected chi connectivity index (χ1v) is 9.20. The molecule has 2 atom stereocenters. The van der Waals surface area contributed by atoms with Gasteiger partial charge in [-0.05, 0) is 30.0 Å². The highest BCUT2D eigenvalue weighted by Gasteiger charge is 2.19. The number of nitrogens with one attached hydrogen (secondary N) is 2. The molecule has 0 fully saturated rings. The Balaban J connectivity index is 1.39. The minimum absolute atomic E-state index is 0.245. The van der Waals surface area contributed by atoms with Crippen LogP contribution in [0.5, 0.6) is 0 Å². The van der Waals surface area contributed by atoms with E-state index in [2.05, 4.69) is 39.8 Å². The summed E-state index contributed by atoms with van der Waals surface area (Å²) in [6.45, 7) is 5.16. The fraction of sp³-hybridized carbons (Fsp3) is 0.381. The molecule has 2 amide bonds. The molecule has 3 rings (SSSR count). The molecule has 1 aliphatic heterocycles. The van der Waals surface area contributed by atoms with Crippen molar-refractivity contribution in [2.45, 2.75) is 32.0 Å². The molecule has 5 heteroatoms. The molecule has 1 aliphatic rings. The Morgan fingerprint density at radius 2 is 1.81 bits per heavy atom. The maximum absolute atomic E-state index is 12.1. The number of hydrogen-bond acceptors (Lipinski definition) is 3. The van der Waals surface area contributed by atoms with E-state index < -0.39 is 6.10 Å². The minimum Gasteiger partial charge on any atom is -0.386 e. The van der Waals surface area contributed by atoms with Gasteiger partial charge in [0.25, 0.3) is 0 Å². The van der Waals surface area contributed by atoms with Crippen molar-refractivity contribution in [2.24, 2.45) is 0 Å². The van der Waals surface area contributed by atoms with Gasteiger partial charge >= 0.3 is 6.03 Å². The Hall–Kier alpha value is -2.37. The zero-order chi connectivity index (χ0) is 18.4. The predicted molar refractivity (Wildman–Crippen MR) is 103 cm³/mol. The second-order valence-electron chi connectivity index (χ2n) is 6.84. The van der Waals surface area contributed by atoms with Crippen molar-refractivity contribution in [3.05, 3.63) is 71.3 Å². The molecule has 0 spiro atoms. The van der Waals surface area contributed by atoms with Crippen LogP contribution >= 0.6 is 0 Å². The largest absolute Gasteiger partial charge is 0.386 e. The molecule has 0 bridgehead atoms. The maximum Gasteiger partial charge on any atom is 0.315 e. The topological polar surface area (TPSA) is 64.6 Å². The summed E-state index contributed by atoms with van der Waals surface area (Å²) in [7, 11) is 0. The summed E-state index contributed by atoms with van der Waals surface area (Å²) in [6.07, 6.45) is 0.336. The lowest BCUT2D eigenvalue weighted by atomic mass is 10.00. The first-order chi connectivity index (χ1) is 12.6. The highest BCUT2D eigenvalue weighted by molar-refractivity contribution is 5.74. The number of nitrogens with zero attached hydrogens (tertiary/aromatic N) is 1. The first-order valence-electron chi connectivity index (χ1n) is 9.20.